The monoisotopic (exact) mass is 646 g/mol. The molecule has 0 radical (unpaired) electrons. The van der Waals surface area contributed by atoms with Crippen LogP contribution in [0, 0.1) is 10.8 Å². The summed E-state index contributed by atoms with van der Waals surface area (Å²) in [6, 6.07) is 44.5. The second-order valence-electron chi connectivity index (χ2n) is 14.4. The molecule has 6 aromatic carbocycles. The van der Waals surface area contributed by atoms with Gasteiger partial charge in [0.25, 0.3) is 0 Å². The van der Waals surface area contributed by atoms with Crippen LogP contribution in [0.4, 0.5) is 0 Å². The lowest BCUT2D eigenvalue weighted by molar-refractivity contribution is -0.133. The maximum Gasteiger partial charge on any atom is 0.127 e. The Balaban J connectivity index is 1.28. The summed E-state index contributed by atoms with van der Waals surface area (Å²) in [5.74, 6) is 1.85. The second-order valence-corrected chi connectivity index (χ2v) is 14.4. The molecule has 49 heavy (non-hydrogen) atoms. The van der Waals surface area contributed by atoms with Gasteiger partial charge in [-0.2, -0.15) is 0 Å². The predicted octanol–water partition coefficient (Wildman–Crippen LogP) is 9.97. The molecule has 0 aromatic heterocycles. The van der Waals surface area contributed by atoms with Crippen molar-refractivity contribution in [3.05, 3.63) is 144 Å². The molecule has 0 atom stereocenters. The van der Waals surface area contributed by atoms with Gasteiger partial charge in [-0.05, 0) is 69.1 Å². The highest BCUT2D eigenvalue weighted by Gasteiger charge is 2.48. The number of ether oxygens (including phenoxy) is 4. The lowest BCUT2D eigenvalue weighted by Crippen LogP contribution is -2.46. The lowest BCUT2D eigenvalue weighted by Gasteiger charge is -2.40. The largest absolute Gasteiger partial charge is 0.492 e. The Bertz CT molecular complexity index is 2020. The van der Waals surface area contributed by atoms with Crippen molar-refractivity contribution in [2.75, 3.05) is 39.6 Å². The van der Waals surface area contributed by atoms with E-state index in [4.69, 9.17) is 18.9 Å². The third kappa shape index (κ3) is 4.57. The average Bonchev–Trinajstić information content (AvgIpc) is 3.41. The van der Waals surface area contributed by atoms with Crippen molar-refractivity contribution in [2.24, 2.45) is 10.8 Å². The lowest BCUT2D eigenvalue weighted by atomic mass is 9.65. The minimum absolute atomic E-state index is 0.0928. The van der Waals surface area contributed by atoms with Crippen LogP contribution in [0.1, 0.15) is 48.9 Å². The highest BCUT2D eigenvalue weighted by atomic mass is 16.5. The van der Waals surface area contributed by atoms with Gasteiger partial charge in [0.15, 0.2) is 0 Å². The van der Waals surface area contributed by atoms with Crippen molar-refractivity contribution in [1.29, 1.82) is 0 Å². The predicted molar refractivity (Wildman–Crippen MR) is 197 cm³/mol. The van der Waals surface area contributed by atoms with Crippen molar-refractivity contribution in [3.63, 3.8) is 0 Å². The quantitative estimate of drug-likeness (QED) is 0.148. The average molecular weight is 647 g/mol. The fourth-order valence-electron chi connectivity index (χ4n) is 8.45. The number of fused-ring (bicyclic) bond motifs is 5. The Hall–Kier alpha value is -4.64. The summed E-state index contributed by atoms with van der Waals surface area (Å²) >= 11 is 0. The molecule has 0 amide bonds. The molecule has 0 unspecified atom stereocenters. The van der Waals surface area contributed by atoms with Crippen LogP contribution < -0.4 is 9.47 Å². The highest BCUT2D eigenvalue weighted by molar-refractivity contribution is 6.01. The zero-order chi connectivity index (χ0) is 33.1. The van der Waals surface area contributed by atoms with E-state index in [9.17, 15) is 0 Å². The number of rotatable bonds is 10. The summed E-state index contributed by atoms with van der Waals surface area (Å²) in [5.41, 5.74) is 7.24. The van der Waals surface area contributed by atoms with Gasteiger partial charge in [0, 0.05) is 10.8 Å². The molecule has 3 aliphatic rings. The number of benzene rings is 6. The Morgan fingerprint density at radius 3 is 1.24 bits per heavy atom. The molecule has 0 N–H and O–H groups in total. The first-order chi connectivity index (χ1) is 24.1. The van der Waals surface area contributed by atoms with Gasteiger partial charge < -0.3 is 18.9 Å². The van der Waals surface area contributed by atoms with Gasteiger partial charge in [0.05, 0.1) is 55.9 Å². The third-order valence-corrected chi connectivity index (χ3v) is 11.7. The van der Waals surface area contributed by atoms with E-state index >= 15 is 0 Å². The van der Waals surface area contributed by atoms with Gasteiger partial charge in [-0.1, -0.05) is 123 Å². The van der Waals surface area contributed by atoms with E-state index < -0.39 is 5.41 Å². The first kappa shape index (κ1) is 30.4. The van der Waals surface area contributed by atoms with E-state index in [0.717, 1.165) is 61.5 Å². The van der Waals surface area contributed by atoms with Gasteiger partial charge in [0.1, 0.15) is 11.5 Å². The zero-order valence-corrected chi connectivity index (χ0v) is 28.3. The topological polar surface area (TPSA) is 36.9 Å². The molecule has 0 spiro atoms. The highest BCUT2D eigenvalue weighted by Crippen LogP contribution is 2.58. The molecule has 4 nitrogen and oxygen atoms in total. The molecule has 9 rings (SSSR count). The summed E-state index contributed by atoms with van der Waals surface area (Å²) in [6.07, 6.45) is 2.08. The minimum atomic E-state index is -0.581. The molecule has 4 heteroatoms. The van der Waals surface area contributed by atoms with Crippen LogP contribution in [-0.2, 0) is 14.9 Å². The molecular formula is C45H42O4. The normalized spacial score (nSPS) is 17.9. The fraction of sp³-hybridized carbons (Fsp3) is 0.289. The molecule has 2 heterocycles. The Kier molecular flexibility index (Phi) is 7.30. The maximum absolute atomic E-state index is 6.67. The molecule has 1 aliphatic carbocycles. The van der Waals surface area contributed by atoms with Crippen molar-refractivity contribution in [2.45, 2.75) is 32.1 Å². The Morgan fingerprint density at radius 1 is 0.449 bits per heavy atom. The molecule has 2 saturated heterocycles. The van der Waals surface area contributed by atoms with Gasteiger partial charge >= 0.3 is 0 Å². The molecule has 2 fully saturated rings. The van der Waals surface area contributed by atoms with Gasteiger partial charge in [-0.15, -0.1) is 0 Å². The van der Waals surface area contributed by atoms with Crippen molar-refractivity contribution >= 4 is 21.5 Å². The minimum Gasteiger partial charge on any atom is -0.492 e. The van der Waals surface area contributed by atoms with Crippen LogP contribution in [0.25, 0.3) is 32.7 Å². The van der Waals surface area contributed by atoms with Crippen LogP contribution in [0.15, 0.2) is 121 Å². The van der Waals surface area contributed by atoms with E-state index in [-0.39, 0.29) is 10.8 Å². The molecular weight excluding hydrogens is 604 g/mol. The first-order valence-corrected chi connectivity index (χ1v) is 17.8. The summed E-state index contributed by atoms with van der Waals surface area (Å²) in [7, 11) is 0. The SMILES string of the molecule is CCC1(COc2cccc3c(C4(c5cccc6c(OCC7(CC)COC7)cccc56)c5ccccc5-c5ccccc54)cccc23)COC1. The van der Waals surface area contributed by atoms with Gasteiger partial charge in [-0.3, -0.25) is 0 Å². The van der Waals surface area contributed by atoms with Crippen LogP contribution in [-0.4, -0.2) is 39.6 Å². The van der Waals surface area contributed by atoms with E-state index in [2.05, 4.69) is 135 Å². The van der Waals surface area contributed by atoms with E-state index in [1.54, 1.807) is 0 Å². The zero-order valence-electron chi connectivity index (χ0n) is 28.3. The number of hydrogen-bond donors (Lipinski definition) is 0. The molecule has 246 valence electrons. The van der Waals surface area contributed by atoms with E-state index in [1.165, 1.54) is 44.2 Å². The second kappa shape index (κ2) is 11.8. The summed E-state index contributed by atoms with van der Waals surface area (Å²) in [6.45, 7) is 8.81. The third-order valence-electron chi connectivity index (χ3n) is 11.7. The first-order valence-electron chi connectivity index (χ1n) is 17.8. The Morgan fingerprint density at radius 2 is 0.837 bits per heavy atom. The molecule has 2 aliphatic heterocycles. The standard InChI is InChI=1S/C45H42O4/c1-3-43(25-46-26-43)29-48-41-23-11-15-33-35(41)17-9-21-39(33)45(37-19-7-5-13-31(37)32-14-6-8-20-38(32)45)40-22-10-18-36-34(40)16-12-24-42(36)49-30-44(4-2)27-47-28-44/h5-24H,3-4,25-30H2,1-2H3. The van der Waals surface area contributed by atoms with Crippen molar-refractivity contribution < 1.29 is 18.9 Å². The van der Waals surface area contributed by atoms with Gasteiger partial charge in [0.2, 0.25) is 0 Å². The fourth-order valence-corrected chi connectivity index (χ4v) is 8.45. The number of hydrogen-bond acceptors (Lipinski definition) is 4. The molecule has 0 bridgehead atoms. The van der Waals surface area contributed by atoms with Crippen LogP contribution in [0.3, 0.4) is 0 Å². The van der Waals surface area contributed by atoms with E-state index in [1.807, 2.05) is 0 Å². The smallest absolute Gasteiger partial charge is 0.127 e. The summed E-state index contributed by atoms with van der Waals surface area (Å²) in [4.78, 5) is 0. The summed E-state index contributed by atoms with van der Waals surface area (Å²) in [5, 5.41) is 4.65. The maximum atomic E-state index is 6.67. The van der Waals surface area contributed by atoms with E-state index in [0.29, 0.717) is 13.2 Å². The Labute approximate surface area is 288 Å². The molecule has 0 saturated carbocycles. The van der Waals surface area contributed by atoms with Crippen molar-refractivity contribution in [3.8, 4) is 22.6 Å². The van der Waals surface area contributed by atoms with Crippen LogP contribution >= 0.6 is 0 Å². The van der Waals surface area contributed by atoms with Crippen molar-refractivity contribution in [1.82, 2.24) is 0 Å². The van der Waals surface area contributed by atoms with Crippen LogP contribution in [0.5, 0.6) is 11.5 Å². The summed E-state index contributed by atoms with van der Waals surface area (Å²) < 4.78 is 24.6. The van der Waals surface area contributed by atoms with Gasteiger partial charge in [-0.25, -0.2) is 0 Å². The molecule has 6 aromatic rings. The van der Waals surface area contributed by atoms with Crippen LogP contribution in [0.2, 0.25) is 0 Å².